The number of carboxylic acid groups (broad SMARTS) is 1. The second-order valence-corrected chi connectivity index (χ2v) is 11.7. The maximum atomic E-state index is 11.3. The van der Waals surface area contributed by atoms with Crippen molar-refractivity contribution in [1.82, 2.24) is 30.1 Å². The second kappa shape index (κ2) is 9.06. The van der Waals surface area contributed by atoms with Gasteiger partial charge in [-0.3, -0.25) is 4.98 Å². The zero-order valence-electron chi connectivity index (χ0n) is 21.2. The molecule has 3 aliphatic carbocycles. The van der Waals surface area contributed by atoms with Crippen LogP contribution in [0.1, 0.15) is 62.9 Å². The third-order valence-electron chi connectivity index (χ3n) is 7.97. The second-order valence-electron chi connectivity index (χ2n) is 10.7. The molecule has 38 heavy (non-hydrogen) atoms. The van der Waals surface area contributed by atoms with E-state index in [0.717, 1.165) is 76.7 Å². The minimum atomic E-state index is -0.936. The first-order valence-electron chi connectivity index (χ1n) is 12.8. The van der Waals surface area contributed by atoms with Crippen LogP contribution in [0.2, 0.25) is 0 Å². The zero-order chi connectivity index (χ0) is 26.5. The van der Waals surface area contributed by atoms with Crippen LogP contribution in [0.4, 0.5) is 10.5 Å². The molecule has 10 nitrogen and oxygen atoms in total. The van der Waals surface area contributed by atoms with E-state index in [-0.39, 0.29) is 17.0 Å². The fourth-order valence-electron chi connectivity index (χ4n) is 5.92. The Kier molecular flexibility index (Phi) is 5.79. The fourth-order valence-corrected chi connectivity index (χ4v) is 7.06. The molecule has 3 fully saturated rings. The van der Waals surface area contributed by atoms with E-state index in [2.05, 4.69) is 45.8 Å². The van der Waals surface area contributed by atoms with Gasteiger partial charge in [0.2, 0.25) is 0 Å². The molecule has 3 aliphatic rings. The Morgan fingerprint density at radius 3 is 2.58 bits per heavy atom. The van der Waals surface area contributed by atoms with Gasteiger partial charge in [0.25, 0.3) is 0 Å². The topological polar surface area (TPSA) is 141 Å². The van der Waals surface area contributed by atoms with Crippen molar-refractivity contribution in [2.45, 2.75) is 69.4 Å². The SMILES string of the molecule is CC(C)Nc1cc(-c2ccc3cc(C#N)cnn23)ncc1-c1nnc(C23CCC(NC(=O)O)(CC2)CC3)s1. The summed E-state index contributed by atoms with van der Waals surface area (Å²) in [5, 5.41) is 40.3. The van der Waals surface area contributed by atoms with Crippen LogP contribution < -0.4 is 10.6 Å². The van der Waals surface area contributed by atoms with Crippen molar-refractivity contribution in [2.24, 2.45) is 0 Å². The molecule has 0 aliphatic heterocycles. The normalized spacial score (nSPS) is 22.5. The van der Waals surface area contributed by atoms with Crippen molar-refractivity contribution in [2.75, 3.05) is 5.32 Å². The van der Waals surface area contributed by atoms with Crippen LogP contribution in [0.15, 0.2) is 36.7 Å². The van der Waals surface area contributed by atoms with Gasteiger partial charge in [0.15, 0.2) is 5.01 Å². The molecule has 0 radical (unpaired) electrons. The maximum Gasteiger partial charge on any atom is 0.405 e. The lowest BCUT2D eigenvalue weighted by Crippen LogP contribution is -2.57. The standard InChI is InChI=1S/C27H28N8O2S/c1-16(2)31-20-12-21(22-4-3-18-11-17(13-28)14-30-35(18)22)29-15-19(20)23-33-34-24(38-23)26-5-8-27(9-6-26,10-7-26)32-25(36)37/h3-4,11-12,14-16,32H,5-10H2,1-2H3,(H,29,31)(H,36,37). The lowest BCUT2D eigenvalue weighted by atomic mass is 9.57. The molecule has 0 atom stereocenters. The molecular weight excluding hydrogens is 500 g/mol. The Morgan fingerprint density at radius 1 is 1.13 bits per heavy atom. The number of nitriles is 1. The van der Waals surface area contributed by atoms with Crippen LogP contribution in [0.5, 0.6) is 0 Å². The minimum Gasteiger partial charge on any atom is -0.465 e. The highest BCUT2D eigenvalue weighted by atomic mass is 32.1. The van der Waals surface area contributed by atoms with E-state index < -0.39 is 6.09 Å². The van der Waals surface area contributed by atoms with Crippen LogP contribution in [0, 0.1) is 11.3 Å². The summed E-state index contributed by atoms with van der Waals surface area (Å²) in [6.07, 6.45) is 7.70. The summed E-state index contributed by atoms with van der Waals surface area (Å²) in [7, 11) is 0. The lowest BCUT2D eigenvalue weighted by molar-refractivity contribution is 0.0743. The highest BCUT2D eigenvalue weighted by Gasteiger charge is 2.51. The largest absolute Gasteiger partial charge is 0.465 e. The van der Waals surface area contributed by atoms with Crippen molar-refractivity contribution in [3.8, 4) is 28.0 Å². The van der Waals surface area contributed by atoms with E-state index in [1.807, 2.05) is 24.4 Å². The van der Waals surface area contributed by atoms with E-state index in [9.17, 15) is 15.2 Å². The van der Waals surface area contributed by atoms with Gasteiger partial charge in [-0.25, -0.2) is 9.31 Å². The first kappa shape index (κ1) is 24.3. The van der Waals surface area contributed by atoms with E-state index in [1.54, 1.807) is 28.1 Å². The number of hydrogen-bond donors (Lipinski definition) is 3. The number of hydrogen-bond acceptors (Lipinski definition) is 8. The molecule has 4 aromatic heterocycles. The van der Waals surface area contributed by atoms with Gasteiger partial charge in [0.1, 0.15) is 11.1 Å². The summed E-state index contributed by atoms with van der Waals surface area (Å²) < 4.78 is 1.79. The smallest absolute Gasteiger partial charge is 0.405 e. The molecule has 3 saturated carbocycles. The molecule has 7 rings (SSSR count). The number of aromatic nitrogens is 5. The highest BCUT2D eigenvalue weighted by molar-refractivity contribution is 7.14. The number of pyridine rings is 1. The summed E-state index contributed by atoms with van der Waals surface area (Å²) >= 11 is 1.62. The van der Waals surface area contributed by atoms with E-state index in [0.29, 0.717) is 5.56 Å². The van der Waals surface area contributed by atoms with Crippen LogP contribution >= 0.6 is 11.3 Å². The van der Waals surface area contributed by atoms with Crippen molar-refractivity contribution >= 4 is 28.6 Å². The van der Waals surface area contributed by atoms with Gasteiger partial charge in [0.05, 0.1) is 34.2 Å². The molecule has 0 spiro atoms. The molecule has 11 heteroatoms. The van der Waals surface area contributed by atoms with Gasteiger partial charge in [-0.15, -0.1) is 10.2 Å². The third kappa shape index (κ3) is 4.15. The van der Waals surface area contributed by atoms with Crippen LogP contribution in [-0.4, -0.2) is 47.6 Å². The van der Waals surface area contributed by atoms with Crippen LogP contribution in [0.25, 0.3) is 27.5 Å². The number of anilines is 1. The molecular formula is C27H28N8O2S. The Labute approximate surface area is 223 Å². The molecule has 3 N–H and O–H groups in total. The average Bonchev–Trinajstić information content (AvgIpc) is 3.56. The predicted octanol–water partition coefficient (Wildman–Crippen LogP) is 5.22. The van der Waals surface area contributed by atoms with Crippen LogP contribution in [-0.2, 0) is 5.41 Å². The number of amides is 1. The molecule has 2 bridgehead atoms. The quantitative estimate of drug-likeness (QED) is 0.309. The number of fused-ring (bicyclic) bond motifs is 4. The number of rotatable bonds is 6. The van der Waals surface area contributed by atoms with E-state index >= 15 is 0 Å². The molecule has 4 aromatic rings. The summed E-state index contributed by atoms with van der Waals surface area (Å²) in [6, 6.07) is 10.0. The summed E-state index contributed by atoms with van der Waals surface area (Å²) in [5.74, 6) is 0. The first-order valence-corrected chi connectivity index (χ1v) is 13.6. The van der Waals surface area contributed by atoms with E-state index in [1.165, 1.54) is 0 Å². The molecule has 0 saturated heterocycles. The van der Waals surface area contributed by atoms with Gasteiger partial charge in [-0.05, 0) is 76.6 Å². The highest BCUT2D eigenvalue weighted by Crippen LogP contribution is 2.54. The molecule has 1 amide bonds. The van der Waals surface area contributed by atoms with Gasteiger partial charge in [-0.1, -0.05) is 11.3 Å². The van der Waals surface area contributed by atoms with E-state index in [4.69, 9.17) is 4.98 Å². The lowest BCUT2D eigenvalue weighted by Gasteiger charge is -2.52. The maximum absolute atomic E-state index is 11.3. The number of nitrogens with one attached hydrogen (secondary N) is 2. The van der Waals surface area contributed by atoms with Crippen molar-refractivity contribution < 1.29 is 9.90 Å². The average molecular weight is 529 g/mol. The van der Waals surface area contributed by atoms with Gasteiger partial charge >= 0.3 is 6.09 Å². The first-order chi connectivity index (χ1) is 18.3. The predicted molar refractivity (Wildman–Crippen MR) is 144 cm³/mol. The number of nitrogens with zero attached hydrogens (tertiary/aromatic N) is 6. The third-order valence-corrected chi connectivity index (χ3v) is 9.17. The Bertz CT molecular complexity index is 1560. The summed E-state index contributed by atoms with van der Waals surface area (Å²) in [6.45, 7) is 4.18. The van der Waals surface area contributed by atoms with Crippen LogP contribution in [0.3, 0.4) is 0 Å². The van der Waals surface area contributed by atoms with Crippen molar-refractivity contribution in [3.05, 3.63) is 47.2 Å². The summed E-state index contributed by atoms with van der Waals surface area (Å²) in [5.41, 5.74) is 4.45. The monoisotopic (exact) mass is 528 g/mol. The molecule has 4 heterocycles. The number of carbonyl (C=O) groups is 1. The van der Waals surface area contributed by atoms with Gasteiger partial charge in [-0.2, -0.15) is 10.4 Å². The molecule has 0 aromatic carbocycles. The van der Waals surface area contributed by atoms with Gasteiger partial charge < -0.3 is 15.7 Å². The Balaban J connectivity index is 1.32. The minimum absolute atomic E-state index is 0.0321. The fraction of sp³-hybridized carbons (Fsp3) is 0.407. The Morgan fingerprint density at radius 2 is 1.89 bits per heavy atom. The Hall–Kier alpha value is -4.04. The van der Waals surface area contributed by atoms with Crippen molar-refractivity contribution in [3.63, 3.8) is 0 Å². The molecule has 194 valence electrons. The molecule has 0 unspecified atom stereocenters. The summed E-state index contributed by atoms with van der Waals surface area (Å²) in [4.78, 5) is 16.1. The zero-order valence-corrected chi connectivity index (χ0v) is 22.0. The van der Waals surface area contributed by atoms with Gasteiger partial charge in [0, 0.05) is 28.9 Å². The van der Waals surface area contributed by atoms with Crippen molar-refractivity contribution in [1.29, 1.82) is 5.26 Å².